The van der Waals surface area contributed by atoms with Crippen LogP contribution in [0.4, 0.5) is 18.9 Å². The highest BCUT2D eigenvalue weighted by Gasteiger charge is 2.31. The fourth-order valence-corrected chi connectivity index (χ4v) is 2.55. The lowest BCUT2D eigenvalue weighted by Crippen LogP contribution is -2.48. The van der Waals surface area contributed by atoms with Crippen LogP contribution < -0.4 is 20.7 Å². The fourth-order valence-electron chi connectivity index (χ4n) is 2.55. The second-order valence-corrected chi connectivity index (χ2v) is 5.55. The van der Waals surface area contributed by atoms with Crippen LogP contribution >= 0.6 is 24.8 Å². The maximum absolute atomic E-state index is 12.3. The van der Waals surface area contributed by atoms with Gasteiger partial charge >= 0.3 is 6.36 Å². The van der Waals surface area contributed by atoms with E-state index in [4.69, 9.17) is 10.5 Å². The van der Waals surface area contributed by atoms with Gasteiger partial charge in [0.25, 0.3) is 0 Å². The van der Waals surface area contributed by atoms with Gasteiger partial charge in [-0.15, -0.1) is 38.0 Å². The van der Waals surface area contributed by atoms with Crippen molar-refractivity contribution in [2.24, 2.45) is 5.73 Å². The van der Waals surface area contributed by atoms with Crippen LogP contribution in [-0.4, -0.2) is 51.2 Å². The lowest BCUT2D eigenvalue weighted by Gasteiger charge is -2.21. The summed E-state index contributed by atoms with van der Waals surface area (Å²) < 4.78 is 45.6. The third kappa shape index (κ3) is 7.45. The molecular formula is C15H22Cl2F3N3O3. The van der Waals surface area contributed by atoms with E-state index in [9.17, 15) is 18.0 Å². The Labute approximate surface area is 162 Å². The van der Waals surface area contributed by atoms with E-state index in [0.29, 0.717) is 25.2 Å². The molecule has 1 aliphatic heterocycles. The van der Waals surface area contributed by atoms with Crippen LogP contribution in [-0.2, 0) is 9.53 Å². The molecule has 0 spiro atoms. The summed E-state index contributed by atoms with van der Waals surface area (Å²) in [5.41, 5.74) is 6.26. The Morgan fingerprint density at radius 3 is 2.73 bits per heavy atom. The minimum Gasteiger partial charge on any atom is -0.406 e. The molecule has 0 aliphatic carbocycles. The van der Waals surface area contributed by atoms with Gasteiger partial charge in [-0.05, 0) is 18.6 Å². The smallest absolute Gasteiger partial charge is 0.406 e. The summed E-state index contributed by atoms with van der Waals surface area (Å²) in [4.78, 5) is 13.7. The molecule has 6 nitrogen and oxygen atoms in total. The first-order chi connectivity index (χ1) is 11.3. The zero-order valence-electron chi connectivity index (χ0n) is 14.0. The van der Waals surface area contributed by atoms with Crippen molar-refractivity contribution in [1.29, 1.82) is 0 Å². The van der Waals surface area contributed by atoms with Gasteiger partial charge in [0.2, 0.25) is 5.91 Å². The third-order valence-corrected chi connectivity index (χ3v) is 3.63. The number of rotatable bonds is 6. The third-order valence-electron chi connectivity index (χ3n) is 3.63. The van der Waals surface area contributed by atoms with Crippen LogP contribution in [0.1, 0.15) is 6.42 Å². The van der Waals surface area contributed by atoms with E-state index in [0.717, 1.165) is 0 Å². The number of carbonyl (C=O) groups excluding carboxylic acids is 1. The van der Waals surface area contributed by atoms with Crippen LogP contribution in [0.2, 0.25) is 0 Å². The predicted octanol–water partition coefficient (Wildman–Crippen LogP) is 2.10. The number of anilines is 1. The van der Waals surface area contributed by atoms with E-state index in [1.807, 2.05) is 4.90 Å². The zero-order chi connectivity index (χ0) is 17.7. The highest BCUT2D eigenvalue weighted by atomic mass is 35.5. The first-order valence-corrected chi connectivity index (χ1v) is 7.44. The Hall–Kier alpha value is -1.42. The van der Waals surface area contributed by atoms with Crippen LogP contribution in [0.25, 0.3) is 0 Å². The number of alkyl halides is 3. The van der Waals surface area contributed by atoms with E-state index in [1.54, 1.807) is 6.07 Å². The lowest BCUT2D eigenvalue weighted by atomic mass is 10.2. The summed E-state index contributed by atoms with van der Waals surface area (Å²) in [5.74, 6) is -0.576. The highest BCUT2D eigenvalue weighted by molar-refractivity contribution is 5.85. The standard InChI is InChI=1S/C15H20F3N3O3.2ClH/c1-23-9-13(19)14(22)20-10-5-6-21(8-10)11-3-2-4-12(7-11)24-15(16,17)18;;/h2-4,7,10,13H,5-6,8-9,19H2,1H3,(H,20,22);2*1H. The Morgan fingerprint density at radius 1 is 1.42 bits per heavy atom. The second-order valence-electron chi connectivity index (χ2n) is 5.55. The Kier molecular flexibility index (Phi) is 10.1. The van der Waals surface area contributed by atoms with Crippen molar-refractivity contribution >= 4 is 36.4 Å². The van der Waals surface area contributed by atoms with E-state index in [-0.39, 0.29) is 49.1 Å². The summed E-state index contributed by atoms with van der Waals surface area (Å²) in [5, 5.41) is 2.82. The average Bonchev–Trinajstić information content (AvgIpc) is 2.94. The van der Waals surface area contributed by atoms with Gasteiger partial charge in [0.15, 0.2) is 0 Å². The van der Waals surface area contributed by atoms with Crippen molar-refractivity contribution in [3.63, 3.8) is 0 Å². The van der Waals surface area contributed by atoms with Gasteiger partial charge in [-0.25, -0.2) is 0 Å². The zero-order valence-corrected chi connectivity index (χ0v) is 15.6. The van der Waals surface area contributed by atoms with Gasteiger partial charge in [0.05, 0.1) is 6.61 Å². The summed E-state index contributed by atoms with van der Waals surface area (Å²) in [6, 6.07) is 4.91. The molecule has 1 aromatic carbocycles. The topological polar surface area (TPSA) is 76.8 Å². The first kappa shape index (κ1) is 24.6. The molecule has 0 bridgehead atoms. The molecule has 1 amide bonds. The van der Waals surface area contributed by atoms with Gasteiger partial charge in [0, 0.05) is 38.0 Å². The minimum absolute atomic E-state index is 0. The van der Waals surface area contributed by atoms with E-state index >= 15 is 0 Å². The maximum Gasteiger partial charge on any atom is 0.573 e. The molecule has 0 radical (unpaired) electrons. The SMILES string of the molecule is COCC(N)C(=O)NC1CCN(c2cccc(OC(F)(F)F)c2)C1.Cl.Cl. The van der Waals surface area contributed by atoms with Gasteiger partial charge in [0.1, 0.15) is 11.8 Å². The number of nitrogens with zero attached hydrogens (tertiary/aromatic N) is 1. The molecule has 1 saturated heterocycles. The summed E-state index contributed by atoms with van der Waals surface area (Å²) >= 11 is 0. The number of nitrogens with one attached hydrogen (secondary N) is 1. The molecule has 1 aliphatic rings. The van der Waals surface area contributed by atoms with Crippen LogP contribution in [0, 0.1) is 0 Å². The molecule has 1 heterocycles. The molecule has 150 valence electrons. The average molecular weight is 420 g/mol. The molecule has 2 rings (SSSR count). The molecule has 2 atom stereocenters. The number of amides is 1. The summed E-state index contributed by atoms with van der Waals surface area (Å²) in [7, 11) is 1.46. The van der Waals surface area contributed by atoms with Crippen LogP contribution in [0.5, 0.6) is 5.75 Å². The first-order valence-electron chi connectivity index (χ1n) is 7.44. The van der Waals surface area contributed by atoms with Gasteiger partial charge < -0.3 is 25.4 Å². The number of halogens is 5. The number of methoxy groups -OCH3 is 1. The Balaban J connectivity index is 0.00000312. The van der Waals surface area contributed by atoms with Crippen molar-refractivity contribution in [1.82, 2.24) is 5.32 Å². The van der Waals surface area contributed by atoms with Gasteiger partial charge in [-0.2, -0.15) is 0 Å². The number of nitrogens with two attached hydrogens (primary N) is 1. The van der Waals surface area contributed by atoms with Crippen LogP contribution in [0.15, 0.2) is 24.3 Å². The number of hydrogen-bond donors (Lipinski definition) is 2. The number of ether oxygens (including phenoxy) is 2. The van der Waals surface area contributed by atoms with E-state index < -0.39 is 12.4 Å². The normalized spacial score (nSPS) is 17.7. The quantitative estimate of drug-likeness (QED) is 0.738. The van der Waals surface area contributed by atoms with Gasteiger partial charge in [-0.1, -0.05) is 6.07 Å². The predicted molar refractivity (Wildman–Crippen MR) is 96.2 cm³/mol. The van der Waals surface area contributed by atoms with E-state index in [2.05, 4.69) is 10.1 Å². The molecule has 2 unspecified atom stereocenters. The molecule has 3 N–H and O–H groups in total. The molecule has 0 saturated carbocycles. The molecule has 1 aromatic rings. The highest BCUT2D eigenvalue weighted by Crippen LogP contribution is 2.28. The maximum atomic E-state index is 12.3. The van der Waals surface area contributed by atoms with Crippen molar-refractivity contribution in [3.05, 3.63) is 24.3 Å². The molecular weight excluding hydrogens is 398 g/mol. The Bertz CT molecular complexity index is 579. The largest absolute Gasteiger partial charge is 0.573 e. The summed E-state index contributed by atoms with van der Waals surface area (Å²) in [6.45, 7) is 1.22. The number of benzene rings is 1. The Morgan fingerprint density at radius 2 is 2.12 bits per heavy atom. The van der Waals surface area contributed by atoms with E-state index in [1.165, 1.54) is 25.3 Å². The fraction of sp³-hybridized carbons (Fsp3) is 0.533. The minimum atomic E-state index is -4.72. The molecule has 1 fully saturated rings. The van der Waals surface area contributed by atoms with Crippen molar-refractivity contribution in [2.45, 2.75) is 24.9 Å². The number of hydrogen-bond acceptors (Lipinski definition) is 5. The molecule has 26 heavy (non-hydrogen) atoms. The lowest BCUT2D eigenvalue weighted by molar-refractivity contribution is -0.274. The summed E-state index contributed by atoms with van der Waals surface area (Å²) in [6.07, 6.45) is -4.05. The molecule has 0 aromatic heterocycles. The number of carbonyl (C=O) groups is 1. The van der Waals surface area contributed by atoms with Crippen molar-refractivity contribution in [3.8, 4) is 5.75 Å². The van der Waals surface area contributed by atoms with Crippen molar-refractivity contribution < 1.29 is 27.4 Å². The second kappa shape index (κ2) is 10.7. The van der Waals surface area contributed by atoms with Crippen LogP contribution in [0.3, 0.4) is 0 Å². The van der Waals surface area contributed by atoms with Gasteiger partial charge in [-0.3, -0.25) is 4.79 Å². The molecule has 11 heteroatoms. The van der Waals surface area contributed by atoms with Crippen molar-refractivity contribution in [2.75, 3.05) is 31.7 Å². The monoisotopic (exact) mass is 419 g/mol.